The molecule has 2 aromatic carbocycles. The monoisotopic (exact) mass is 535 g/mol. The molecule has 4 aromatic rings. The Kier molecular flexibility index (Phi) is 8.46. The Balaban J connectivity index is 0.000000479. The number of aromatic nitrogens is 2. The summed E-state index contributed by atoms with van der Waals surface area (Å²) in [6.45, 7) is 0.458. The molecule has 4 rings (SSSR count). The standard InChI is InChI=1S/C23H20FN3O2S.C2HF3O2/c1-25-14-17-12-23(21-9-2-3-10-22(21)24)27(16-17)30(28,29)20-8-4-6-18(13-20)19-7-5-11-26-15-19;3-2(4,5)1(6)7/h2-13,15-16,25H,14H2,1H3;(H,6,7). The van der Waals surface area contributed by atoms with Crippen molar-refractivity contribution in [3.8, 4) is 22.4 Å². The van der Waals surface area contributed by atoms with E-state index in [0.29, 0.717) is 6.54 Å². The van der Waals surface area contributed by atoms with Gasteiger partial charge in [0.1, 0.15) is 5.82 Å². The van der Waals surface area contributed by atoms with Crippen molar-refractivity contribution in [3.05, 3.63) is 96.7 Å². The number of alkyl halides is 3. The van der Waals surface area contributed by atoms with Gasteiger partial charge in [-0.3, -0.25) is 4.98 Å². The predicted octanol–water partition coefficient (Wildman–Crippen LogP) is 4.95. The summed E-state index contributed by atoms with van der Waals surface area (Å²) >= 11 is 0. The van der Waals surface area contributed by atoms with E-state index in [9.17, 15) is 26.0 Å². The van der Waals surface area contributed by atoms with E-state index in [1.54, 1.807) is 61.9 Å². The molecular formula is C25H21F4N3O4S. The van der Waals surface area contributed by atoms with Crippen LogP contribution < -0.4 is 5.32 Å². The number of nitrogens with one attached hydrogen (secondary N) is 1. The van der Waals surface area contributed by atoms with E-state index in [0.717, 1.165) is 20.7 Å². The van der Waals surface area contributed by atoms with Gasteiger partial charge < -0.3 is 10.4 Å². The number of benzene rings is 2. The molecule has 2 aromatic heterocycles. The summed E-state index contributed by atoms with van der Waals surface area (Å²) in [7, 11) is -2.19. The number of pyridine rings is 1. The molecule has 0 atom stereocenters. The lowest BCUT2D eigenvalue weighted by Gasteiger charge is -2.12. The van der Waals surface area contributed by atoms with E-state index < -0.39 is 28.0 Å². The first kappa shape index (κ1) is 27.6. The highest BCUT2D eigenvalue weighted by atomic mass is 32.2. The van der Waals surface area contributed by atoms with Crippen LogP contribution in [0.5, 0.6) is 0 Å². The highest BCUT2D eigenvalue weighted by molar-refractivity contribution is 7.90. The van der Waals surface area contributed by atoms with Crippen molar-refractivity contribution in [1.29, 1.82) is 0 Å². The summed E-state index contributed by atoms with van der Waals surface area (Å²) in [5, 5.41) is 10.1. The van der Waals surface area contributed by atoms with Gasteiger partial charge in [-0.15, -0.1) is 0 Å². The summed E-state index contributed by atoms with van der Waals surface area (Å²) in [6.07, 6.45) is -0.213. The second-order valence-corrected chi connectivity index (χ2v) is 9.43. The molecule has 0 bridgehead atoms. The van der Waals surface area contributed by atoms with E-state index in [-0.39, 0.29) is 16.2 Å². The SMILES string of the molecule is CNCc1cc(-c2ccccc2F)n(S(=O)(=O)c2cccc(-c3cccnc3)c2)c1.O=C(O)C(F)(F)F. The van der Waals surface area contributed by atoms with Crippen LogP contribution in [0, 0.1) is 5.82 Å². The van der Waals surface area contributed by atoms with Crippen LogP contribution in [0.3, 0.4) is 0 Å². The number of carbonyl (C=O) groups is 1. The number of carboxylic acid groups (broad SMARTS) is 1. The number of hydrogen-bond acceptors (Lipinski definition) is 5. The van der Waals surface area contributed by atoms with Gasteiger partial charge in [0, 0.05) is 36.3 Å². The molecule has 0 saturated heterocycles. The summed E-state index contributed by atoms with van der Waals surface area (Å²) in [6, 6.07) is 18.2. The van der Waals surface area contributed by atoms with Crippen molar-refractivity contribution in [2.75, 3.05) is 7.05 Å². The molecule has 0 aliphatic rings. The summed E-state index contributed by atoms with van der Waals surface area (Å²) < 4.78 is 74.5. The topological polar surface area (TPSA) is 101 Å². The number of aliphatic carboxylic acids is 1. The lowest BCUT2D eigenvalue weighted by atomic mass is 10.1. The van der Waals surface area contributed by atoms with Crippen LogP contribution in [-0.4, -0.2) is 41.7 Å². The van der Waals surface area contributed by atoms with Gasteiger partial charge in [0.2, 0.25) is 0 Å². The fourth-order valence-electron chi connectivity index (χ4n) is 3.34. The Labute approximate surface area is 210 Å². The van der Waals surface area contributed by atoms with E-state index in [1.807, 2.05) is 12.1 Å². The Hall–Kier alpha value is -4.03. The average Bonchev–Trinajstić information content (AvgIpc) is 3.29. The maximum Gasteiger partial charge on any atom is 0.490 e. The summed E-state index contributed by atoms with van der Waals surface area (Å²) in [4.78, 5) is 13.1. The minimum atomic E-state index is -5.08. The highest BCUT2D eigenvalue weighted by Gasteiger charge is 2.38. The number of nitrogens with zero attached hydrogens (tertiary/aromatic N) is 2. The maximum atomic E-state index is 14.5. The normalized spacial score (nSPS) is 11.5. The lowest BCUT2D eigenvalue weighted by molar-refractivity contribution is -0.192. The largest absolute Gasteiger partial charge is 0.490 e. The van der Waals surface area contributed by atoms with Crippen LogP contribution in [0.15, 0.2) is 90.2 Å². The van der Waals surface area contributed by atoms with Gasteiger partial charge in [0.15, 0.2) is 0 Å². The lowest BCUT2D eigenvalue weighted by Crippen LogP contribution is -2.21. The van der Waals surface area contributed by atoms with Crippen molar-refractivity contribution >= 4 is 16.0 Å². The zero-order chi connectivity index (χ0) is 27.2. The molecule has 0 spiro atoms. The van der Waals surface area contributed by atoms with E-state index in [4.69, 9.17) is 9.90 Å². The van der Waals surface area contributed by atoms with Crippen molar-refractivity contribution in [2.45, 2.75) is 17.6 Å². The number of hydrogen-bond donors (Lipinski definition) is 2. The minimum absolute atomic E-state index is 0.119. The zero-order valence-corrected chi connectivity index (χ0v) is 20.1. The van der Waals surface area contributed by atoms with E-state index in [1.165, 1.54) is 18.3 Å². The molecule has 0 amide bonds. The first-order chi connectivity index (χ1) is 17.4. The first-order valence-electron chi connectivity index (χ1n) is 10.6. The molecule has 194 valence electrons. The minimum Gasteiger partial charge on any atom is -0.475 e. The Morgan fingerprint density at radius 2 is 1.70 bits per heavy atom. The second-order valence-electron chi connectivity index (χ2n) is 7.62. The molecule has 2 heterocycles. The van der Waals surface area contributed by atoms with Crippen LogP contribution in [0.4, 0.5) is 17.6 Å². The Morgan fingerprint density at radius 1 is 1.03 bits per heavy atom. The van der Waals surface area contributed by atoms with Crippen LogP contribution in [0.25, 0.3) is 22.4 Å². The van der Waals surface area contributed by atoms with E-state index in [2.05, 4.69) is 10.3 Å². The van der Waals surface area contributed by atoms with Gasteiger partial charge in [-0.25, -0.2) is 21.6 Å². The maximum absolute atomic E-state index is 14.5. The van der Waals surface area contributed by atoms with Crippen molar-refractivity contribution in [1.82, 2.24) is 14.3 Å². The molecule has 0 unspecified atom stereocenters. The van der Waals surface area contributed by atoms with Gasteiger partial charge in [-0.2, -0.15) is 13.2 Å². The quantitative estimate of drug-likeness (QED) is 0.339. The molecule has 12 heteroatoms. The first-order valence-corrected chi connectivity index (χ1v) is 12.1. The van der Waals surface area contributed by atoms with Crippen molar-refractivity contribution in [3.63, 3.8) is 0 Å². The number of halogens is 4. The molecule has 0 aliphatic heterocycles. The van der Waals surface area contributed by atoms with Crippen LogP contribution >= 0.6 is 0 Å². The third-order valence-electron chi connectivity index (χ3n) is 5.00. The third-order valence-corrected chi connectivity index (χ3v) is 6.67. The van der Waals surface area contributed by atoms with Crippen LogP contribution in [-0.2, 0) is 21.4 Å². The smallest absolute Gasteiger partial charge is 0.475 e. The van der Waals surface area contributed by atoms with Crippen LogP contribution in [0.1, 0.15) is 5.56 Å². The Morgan fingerprint density at radius 3 is 2.30 bits per heavy atom. The highest BCUT2D eigenvalue weighted by Crippen LogP contribution is 2.30. The zero-order valence-electron chi connectivity index (χ0n) is 19.3. The number of rotatable bonds is 6. The van der Waals surface area contributed by atoms with Gasteiger partial charge in [-0.05, 0) is 54.6 Å². The molecule has 0 aliphatic carbocycles. The molecule has 7 nitrogen and oxygen atoms in total. The molecule has 0 fully saturated rings. The van der Waals surface area contributed by atoms with Crippen molar-refractivity contribution < 1.29 is 35.9 Å². The fourth-order valence-corrected chi connectivity index (χ4v) is 4.78. The molecule has 0 radical (unpaired) electrons. The van der Waals surface area contributed by atoms with E-state index >= 15 is 0 Å². The summed E-state index contributed by atoms with van der Waals surface area (Å²) in [5.74, 6) is -3.24. The van der Waals surface area contributed by atoms with Gasteiger partial charge >= 0.3 is 12.1 Å². The predicted molar refractivity (Wildman–Crippen MR) is 129 cm³/mol. The molecular weight excluding hydrogens is 514 g/mol. The molecule has 37 heavy (non-hydrogen) atoms. The van der Waals surface area contributed by atoms with Gasteiger partial charge in [0.25, 0.3) is 10.0 Å². The molecule has 0 saturated carbocycles. The third kappa shape index (κ3) is 6.60. The van der Waals surface area contributed by atoms with Crippen LogP contribution in [0.2, 0.25) is 0 Å². The summed E-state index contributed by atoms with van der Waals surface area (Å²) in [5.41, 5.74) is 2.80. The average molecular weight is 536 g/mol. The Bertz CT molecular complexity index is 1490. The van der Waals surface area contributed by atoms with Crippen molar-refractivity contribution in [2.24, 2.45) is 0 Å². The van der Waals surface area contributed by atoms with Gasteiger partial charge in [0.05, 0.1) is 10.6 Å². The number of carboxylic acids is 1. The second kappa shape index (κ2) is 11.4. The van der Waals surface area contributed by atoms with Gasteiger partial charge in [-0.1, -0.05) is 30.3 Å². The molecule has 2 N–H and O–H groups in total. The fraction of sp³-hybridized carbons (Fsp3) is 0.120.